The third-order valence-electron chi connectivity index (χ3n) is 4.19. The number of nitrogens with zero attached hydrogens (tertiary/aromatic N) is 3. The standard InChI is InChI=1S/C19H8Cl3F4N3O/c20-10-3-1-5-12(23)16(10)13-7-15(30-28-13)9-8-27-29(18(9)19(24,25)26)14-6-2-4-11(21)17(14)22/h1-8H. The van der Waals surface area contributed by atoms with Crippen molar-refractivity contribution < 1.29 is 22.1 Å². The average Bonchev–Trinajstić information content (AvgIpc) is 3.30. The van der Waals surface area contributed by atoms with Crippen molar-refractivity contribution in [2.45, 2.75) is 6.18 Å². The molecule has 0 bridgehead atoms. The van der Waals surface area contributed by atoms with Crippen LogP contribution in [0, 0.1) is 5.82 Å². The molecule has 0 aliphatic carbocycles. The van der Waals surface area contributed by atoms with Gasteiger partial charge < -0.3 is 4.52 Å². The van der Waals surface area contributed by atoms with Crippen LogP contribution in [0.1, 0.15) is 5.69 Å². The summed E-state index contributed by atoms with van der Waals surface area (Å²) >= 11 is 18.0. The Balaban J connectivity index is 1.89. The maximum Gasteiger partial charge on any atom is 0.434 e. The summed E-state index contributed by atoms with van der Waals surface area (Å²) in [4.78, 5) is 0. The van der Waals surface area contributed by atoms with Crippen LogP contribution < -0.4 is 0 Å². The molecule has 4 rings (SSSR count). The summed E-state index contributed by atoms with van der Waals surface area (Å²) in [6.07, 6.45) is -3.88. The van der Waals surface area contributed by atoms with Gasteiger partial charge in [0.15, 0.2) is 11.5 Å². The molecular weight excluding hydrogens is 469 g/mol. The van der Waals surface area contributed by atoms with Gasteiger partial charge in [-0.2, -0.15) is 18.3 Å². The fourth-order valence-corrected chi connectivity index (χ4v) is 3.54. The molecular formula is C19H8Cl3F4N3O. The molecule has 11 heteroatoms. The first kappa shape index (κ1) is 20.7. The molecule has 154 valence electrons. The molecule has 0 spiro atoms. The van der Waals surface area contributed by atoms with Crippen molar-refractivity contribution in [1.29, 1.82) is 0 Å². The summed E-state index contributed by atoms with van der Waals surface area (Å²) in [6, 6.07) is 9.34. The van der Waals surface area contributed by atoms with E-state index >= 15 is 0 Å². The van der Waals surface area contributed by atoms with Crippen LogP contribution in [0.25, 0.3) is 28.3 Å². The Hall–Kier alpha value is -2.55. The lowest BCUT2D eigenvalue weighted by Gasteiger charge is -2.13. The van der Waals surface area contributed by atoms with E-state index in [1.165, 1.54) is 30.3 Å². The van der Waals surface area contributed by atoms with Crippen molar-refractivity contribution in [3.05, 3.63) is 75.2 Å². The highest BCUT2D eigenvalue weighted by Gasteiger charge is 2.40. The zero-order chi connectivity index (χ0) is 21.6. The van der Waals surface area contributed by atoms with Crippen molar-refractivity contribution in [2.75, 3.05) is 0 Å². The van der Waals surface area contributed by atoms with E-state index in [1.54, 1.807) is 0 Å². The molecule has 0 aliphatic heterocycles. The van der Waals surface area contributed by atoms with Crippen LogP contribution in [0.2, 0.25) is 15.1 Å². The van der Waals surface area contributed by atoms with E-state index in [2.05, 4.69) is 10.3 Å². The number of alkyl halides is 3. The summed E-state index contributed by atoms with van der Waals surface area (Å²) in [6.45, 7) is 0. The average molecular weight is 477 g/mol. The maximum absolute atomic E-state index is 14.1. The van der Waals surface area contributed by atoms with Crippen molar-refractivity contribution >= 4 is 34.8 Å². The molecule has 2 aromatic carbocycles. The van der Waals surface area contributed by atoms with Gasteiger partial charge >= 0.3 is 6.18 Å². The molecule has 4 nitrogen and oxygen atoms in total. The fourth-order valence-electron chi connectivity index (χ4n) is 2.90. The van der Waals surface area contributed by atoms with Crippen LogP contribution in [-0.4, -0.2) is 14.9 Å². The number of aromatic nitrogens is 3. The molecule has 4 aromatic rings. The molecule has 0 atom stereocenters. The number of halogens is 7. The lowest BCUT2D eigenvalue weighted by molar-refractivity contribution is -0.142. The second-order valence-corrected chi connectivity index (χ2v) is 7.25. The Morgan fingerprint density at radius 3 is 2.37 bits per heavy atom. The predicted molar refractivity (Wildman–Crippen MR) is 104 cm³/mol. The van der Waals surface area contributed by atoms with Crippen LogP contribution in [-0.2, 0) is 6.18 Å². The third kappa shape index (κ3) is 3.55. The zero-order valence-electron chi connectivity index (χ0n) is 14.5. The molecule has 0 radical (unpaired) electrons. The van der Waals surface area contributed by atoms with Crippen molar-refractivity contribution in [2.24, 2.45) is 0 Å². The van der Waals surface area contributed by atoms with Gasteiger partial charge in [0.05, 0.1) is 38.1 Å². The van der Waals surface area contributed by atoms with Gasteiger partial charge in [0, 0.05) is 6.07 Å². The van der Waals surface area contributed by atoms with Gasteiger partial charge in [0.25, 0.3) is 0 Å². The Morgan fingerprint density at radius 2 is 1.67 bits per heavy atom. The molecule has 0 fully saturated rings. The summed E-state index contributed by atoms with van der Waals surface area (Å²) in [5.41, 5.74) is -1.79. The summed E-state index contributed by atoms with van der Waals surface area (Å²) in [5, 5.41) is 7.48. The Morgan fingerprint density at radius 1 is 0.967 bits per heavy atom. The van der Waals surface area contributed by atoms with Crippen LogP contribution in [0.3, 0.4) is 0 Å². The van der Waals surface area contributed by atoms with Gasteiger partial charge in [0.1, 0.15) is 11.5 Å². The van der Waals surface area contributed by atoms with E-state index < -0.39 is 23.3 Å². The highest BCUT2D eigenvalue weighted by Crippen LogP contribution is 2.41. The maximum atomic E-state index is 14.1. The van der Waals surface area contributed by atoms with Gasteiger partial charge in [-0.05, 0) is 24.3 Å². The van der Waals surface area contributed by atoms with Crippen LogP contribution >= 0.6 is 34.8 Å². The molecule has 2 heterocycles. The van der Waals surface area contributed by atoms with Gasteiger partial charge in [0.2, 0.25) is 0 Å². The summed E-state index contributed by atoms with van der Waals surface area (Å²) in [7, 11) is 0. The smallest absolute Gasteiger partial charge is 0.356 e. The number of hydrogen-bond donors (Lipinski definition) is 0. The van der Waals surface area contributed by atoms with Crippen molar-refractivity contribution in [3.63, 3.8) is 0 Å². The Labute approximate surface area is 181 Å². The van der Waals surface area contributed by atoms with E-state index in [4.69, 9.17) is 39.3 Å². The molecule has 0 unspecified atom stereocenters. The SMILES string of the molecule is Fc1cccc(Cl)c1-c1cc(-c2cnn(-c3cccc(Cl)c3Cl)c2C(F)(F)F)on1. The van der Waals surface area contributed by atoms with E-state index in [9.17, 15) is 17.6 Å². The monoisotopic (exact) mass is 475 g/mol. The number of hydrogen-bond acceptors (Lipinski definition) is 3. The lowest BCUT2D eigenvalue weighted by atomic mass is 10.1. The summed E-state index contributed by atoms with van der Waals surface area (Å²) < 4.78 is 61.6. The van der Waals surface area contributed by atoms with Crippen LogP contribution in [0.4, 0.5) is 17.6 Å². The first-order chi connectivity index (χ1) is 14.2. The molecule has 0 aliphatic rings. The molecule has 0 amide bonds. The van der Waals surface area contributed by atoms with Gasteiger partial charge in [-0.15, -0.1) is 0 Å². The summed E-state index contributed by atoms with van der Waals surface area (Å²) in [5.74, 6) is -0.971. The normalized spacial score (nSPS) is 11.8. The van der Waals surface area contributed by atoms with Crippen molar-refractivity contribution in [1.82, 2.24) is 14.9 Å². The van der Waals surface area contributed by atoms with Crippen molar-refractivity contribution in [3.8, 4) is 28.3 Å². The fraction of sp³-hybridized carbons (Fsp3) is 0.0526. The minimum absolute atomic E-state index is 0.0345. The zero-order valence-corrected chi connectivity index (χ0v) is 16.8. The van der Waals surface area contributed by atoms with E-state index in [1.807, 2.05) is 0 Å². The molecule has 0 saturated carbocycles. The van der Waals surface area contributed by atoms with Gasteiger partial charge in [-0.25, -0.2) is 9.07 Å². The number of rotatable bonds is 3. The molecule has 30 heavy (non-hydrogen) atoms. The van der Waals surface area contributed by atoms with Crippen LogP contribution in [0.5, 0.6) is 0 Å². The second kappa shape index (κ2) is 7.61. The largest absolute Gasteiger partial charge is 0.434 e. The Kier molecular flexibility index (Phi) is 5.25. The Bertz CT molecular complexity index is 1230. The number of benzene rings is 2. The van der Waals surface area contributed by atoms with Crippen LogP contribution in [0.15, 0.2) is 53.2 Å². The van der Waals surface area contributed by atoms with E-state index in [0.29, 0.717) is 4.68 Å². The molecule has 2 aromatic heterocycles. The van der Waals surface area contributed by atoms with Gasteiger partial charge in [-0.3, -0.25) is 0 Å². The third-order valence-corrected chi connectivity index (χ3v) is 5.32. The lowest BCUT2D eigenvalue weighted by Crippen LogP contribution is -2.14. The molecule has 0 saturated heterocycles. The van der Waals surface area contributed by atoms with E-state index in [0.717, 1.165) is 18.3 Å². The topological polar surface area (TPSA) is 43.9 Å². The minimum Gasteiger partial charge on any atom is -0.356 e. The van der Waals surface area contributed by atoms with Gasteiger partial charge in [-0.1, -0.05) is 52.1 Å². The first-order valence-corrected chi connectivity index (χ1v) is 9.33. The minimum atomic E-state index is -4.83. The molecule has 0 N–H and O–H groups in total. The van der Waals surface area contributed by atoms with E-state index in [-0.39, 0.29) is 37.8 Å². The quantitative estimate of drug-likeness (QED) is 0.291. The highest BCUT2D eigenvalue weighted by molar-refractivity contribution is 6.43. The second-order valence-electron chi connectivity index (χ2n) is 6.06. The highest BCUT2D eigenvalue weighted by atomic mass is 35.5. The predicted octanol–water partition coefficient (Wildman–Crippen LogP) is 7.31. The first-order valence-electron chi connectivity index (χ1n) is 8.19.